The zero-order valence-corrected chi connectivity index (χ0v) is 17.9. The summed E-state index contributed by atoms with van der Waals surface area (Å²) in [6, 6.07) is 11.8. The molecule has 154 valence electrons. The van der Waals surface area contributed by atoms with Gasteiger partial charge >= 0.3 is 0 Å². The summed E-state index contributed by atoms with van der Waals surface area (Å²) in [5, 5.41) is 5.14. The standard InChI is InChI=1S/C22H16ClN5O2S/c1-31(29,30)17-5-3-16(4-6-17)28-20-12-18-15(13-27-20)9-10-25-19(18)7-2-14-8-11-26-22(24)21(14)23/h3-6,8-13H,1H3,(H2,24,26)(H,27,28). The molecule has 0 amide bonds. The minimum Gasteiger partial charge on any atom is -0.382 e. The first-order valence-corrected chi connectivity index (χ1v) is 11.3. The van der Waals surface area contributed by atoms with Crippen molar-refractivity contribution in [2.75, 3.05) is 17.3 Å². The predicted molar refractivity (Wildman–Crippen MR) is 122 cm³/mol. The number of benzene rings is 1. The fourth-order valence-corrected chi connectivity index (χ4v) is 3.64. The van der Waals surface area contributed by atoms with Gasteiger partial charge in [-0.3, -0.25) is 0 Å². The molecule has 4 rings (SSSR count). The number of anilines is 3. The second kappa shape index (κ2) is 8.22. The van der Waals surface area contributed by atoms with Crippen molar-refractivity contribution in [2.45, 2.75) is 4.90 Å². The number of rotatable bonds is 3. The Hall–Kier alpha value is -3.67. The van der Waals surface area contributed by atoms with Crippen LogP contribution in [0.5, 0.6) is 0 Å². The normalized spacial score (nSPS) is 11.0. The van der Waals surface area contributed by atoms with Gasteiger partial charge < -0.3 is 11.1 Å². The van der Waals surface area contributed by atoms with Crippen molar-refractivity contribution >= 4 is 49.5 Å². The van der Waals surface area contributed by atoms with Crippen molar-refractivity contribution in [2.24, 2.45) is 0 Å². The summed E-state index contributed by atoms with van der Waals surface area (Å²) in [6.07, 6.45) is 6.09. The number of halogens is 1. The monoisotopic (exact) mass is 449 g/mol. The third kappa shape index (κ3) is 4.58. The lowest BCUT2D eigenvalue weighted by molar-refractivity contribution is 0.602. The van der Waals surface area contributed by atoms with E-state index in [2.05, 4.69) is 32.1 Å². The highest BCUT2D eigenvalue weighted by Crippen LogP contribution is 2.23. The summed E-state index contributed by atoms with van der Waals surface area (Å²) in [5.74, 6) is 6.82. The van der Waals surface area contributed by atoms with Gasteiger partial charge in [-0.05, 0) is 48.4 Å². The van der Waals surface area contributed by atoms with E-state index in [1.54, 1.807) is 48.9 Å². The van der Waals surface area contributed by atoms with Crippen molar-refractivity contribution in [1.29, 1.82) is 0 Å². The molecule has 0 radical (unpaired) electrons. The predicted octanol–water partition coefficient (Wildman–Crippen LogP) is 3.81. The minimum atomic E-state index is -3.25. The number of nitrogens with two attached hydrogens (primary N) is 1. The first kappa shape index (κ1) is 20.6. The van der Waals surface area contributed by atoms with Gasteiger partial charge in [-0.15, -0.1) is 0 Å². The molecule has 0 unspecified atom stereocenters. The maximum atomic E-state index is 11.6. The lowest BCUT2D eigenvalue weighted by Gasteiger charge is -2.08. The largest absolute Gasteiger partial charge is 0.382 e. The number of fused-ring (bicyclic) bond motifs is 1. The molecule has 0 aliphatic rings. The summed E-state index contributed by atoms with van der Waals surface area (Å²) in [7, 11) is -3.25. The molecule has 3 N–H and O–H groups in total. The van der Waals surface area contributed by atoms with Crippen LogP contribution >= 0.6 is 11.6 Å². The van der Waals surface area contributed by atoms with Gasteiger partial charge in [0.1, 0.15) is 17.3 Å². The molecule has 1 aromatic carbocycles. The zero-order chi connectivity index (χ0) is 22.0. The Kier molecular flexibility index (Phi) is 5.46. The van der Waals surface area contributed by atoms with Gasteiger partial charge in [-0.25, -0.2) is 23.4 Å². The molecule has 0 aliphatic carbocycles. The third-order valence-corrected chi connectivity index (χ3v) is 5.96. The van der Waals surface area contributed by atoms with Crippen LogP contribution in [0.2, 0.25) is 5.02 Å². The molecular weight excluding hydrogens is 434 g/mol. The van der Waals surface area contributed by atoms with E-state index in [0.717, 1.165) is 10.8 Å². The Bertz CT molecular complexity index is 1460. The van der Waals surface area contributed by atoms with Crippen LogP contribution in [0.1, 0.15) is 11.3 Å². The Balaban J connectivity index is 1.68. The summed E-state index contributed by atoms with van der Waals surface area (Å²) >= 11 is 6.16. The molecule has 0 spiro atoms. The smallest absolute Gasteiger partial charge is 0.175 e. The number of nitrogens with one attached hydrogen (secondary N) is 1. The number of nitrogen functional groups attached to an aromatic ring is 1. The molecule has 0 aliphatic heterocycles. The number of aromatic nitrogens is 3. The highest BCUT2D eigenvalue weighted by atomic mass is 35.5. The van der Waals surface area contributed by atoms with E-state index in [1.807, 2.05) is 12.1 Å². The SMILES string of the molecule is CS(=O)(=O)c1ccc(Nc2cc3c(C#Cc4ccnc(N)c4Cl)nccc3cn2)cc1. The number of hydrogen-bond acceptors (Lipinski definition) is 7. The number of hydrogen-bond donors (Lipinski definition) is 2. The van der Waals surface area contributed by atoms with E-state index >= 15 is 0 Å². The summed E-state index contributed by atoms with van der Waals surface area (Å²) in [4.78, 5) is 13.0. The van der Waals surface area contributed by atoms with Gasteiger partial charge in [0.25, 0.3) is 0 Å². The number of sulfone groups is 1. The van der Waals surface area contributed by atoms with Gasteiger partial charge in [-0.1, -0.05) is 17.5 Å². The Morgan fingerprint density at radius 2 is 1.74 bits per heavy atom. The lowest BCUT2D eigenvalue weighted by atomic mass is 10.1. The second-order valence-corrected chi connectivity index (χ2v) is 9.07. The highest BCUT2D eigenvalue weighted by Gasteiger charge is 2.08. The molecule has 4 aromatic rings. The quantitative estimate of drug-likeness (QED) is 0.457. The molecular formula is C22H16ClN5O2S. The van der Waals surface area contributed by atoms with E-state index < -0.39 is 9.84 Å². The van der Waals surface area contributed by atoms with Gasteiger partial charge in [0, 0.05) is 46.9 Å². The van der Waals surface area contributed by atoms with Crippen molar-refractivity contribution in [3.8, 4) is 11.8 Å². The number of nitrogens with zero attached hydrogens (tertiary/aromatic N) is 3. The molecule has 0 bridgehead atoms. The Morgan fingerprint density at radius 3 is 2.48 bits per heavy atom. The first-order valence-electron chi connectivity index (χ1n) is 9.05. The van der Waals surface area contributed by atoms with Crippen molar-refractivity contribution < 1.29 is 8.42 Å². The molecule has 0 saturated carbocycles. The van der Waals surface area contributed by atoms with E-state index in [0.29, 0.717) is 27.8 Å². The van der Waals surface area contributed by atoms with E-state index in [-0.39, 0.29) is 10.7 Å². The fraction of sp³-hybridized carbons (Fsp3) is 0.0455. The molecule has 7 nitrogen and oxygen atoms in total. The Labute approximate surface area is 184 Å². The average molecular weight is 450 g/mol. The van der Waals surface area contributed by atoms with Gasteiger partial charge in [0.05, 0.1) is 9.92 Å². The van der Waals surface area contributed by atoms with Crippen molar-refractivity contribution in [3.05, 3.63) is 77.3 Å². The summed E-state index contributed by atoms with van der Waals surface area (Å²) < 4.78 is 23.2. The van der Waals surface area contributed by atoms with Gasteiger partial charge in [0.2, 0.25) is 0 Å². The molecule has 9 heteroatoms. The van der Waals surface area contributed by atoms with E-state index in [9.17, 15) is 8.42 Å². The van der Waals surface area contributed by atoms with Crippen LogP contribution < -0.4 is 11.1 Å². The van der Waals surface area contributed by atoms with Crippen LogP contribution in [0.25, 0.3) is 10.8 Å². The van der Waals surface area contributed by atoms with E-state index in [4.69, 9.17) is 17.3 Å². The van der Waals surface area contributed by atoms with Crippen molar-refractivity contribution in [3.63, 3.8) is 0 Å². The van der Waals surface area contributed by atoms with Crippen LogP contribution in [0.15, 0.2) is 66.0 Å². The van der Waals surface area contributed by atoms with Crippen LogP contribution in [-0.2, 0) is 9.84 Å². The Morgan fingerprint density at radius 1 is 1.00 bits per heavy atom. The molecule has 0 fully saturated rings. The lowest BCUT2D eigenvalue weighted by Crippen LogP contribution is -1.98. The van der Waals surface area contributed by atoms with Crippen LogP contribution in [0.4, 0.5) is 17.3 Å². The fourth-order valence-electron chi connectivity index (χ4n) is 2.85. The molecule has 3 heterocycles. The minimum absolute atomic E-state index is 0.219. The molecule has 0 atom stereocenters. The second-order valence-electron chi connectivity index (χ2n) is 6.68. The third-order valence-electron chi connectivity index (χ3n) is 4.43. The zero-order valence-electron chi connectivity index (χ0n) is 16.3. The maximum Gasteiger partial charge on any atom is 0.175 e. The maximum absolute atomic E-state index is 11.6. The van der Waals surface area contributed by atoms with Gasteiger partial charge in [0.15, 0.2) is 9.84 Å². The molecule has 0 saturated heterocycles. The number of pyridine rings is 3. The molecule has 3 aromatic heterocycles. The van der Waals surface area contributed by atoms with Crippen LogP contribution in [0, 0.1) is 11.8 Å². The summed E-state index contributed by atoms with van der Waals surface area (Å²) in [6.45, 7) is 0. The average Bonchev–Trinajstić information content (AvgIpc) is 2.74. The topological polar surface area (TPSA) is 111 Å². The molecule has 31 heavy (non-hydrogen) atoms. The van der Waals surface area contributed by atoms with Crippen LogP contribution in [-0.4, -0.2) is 29.6 Å². The van der Waals surface area contributed by atoms with Crippen LogP contribution in [0.3, 0.4) is 0 Å². The summed E-state index contributed by atoms with van der Waals surface area (Å²) in [5.41, 5.74) is 7.55. The van der Waals surface area contributed by atoms with E-state index in [1.165, 1.54) is 6.26 Å². The first-order chi connectivity index (χ1) is 14.8. The van der Waals surface area contributed by atoms with Gasteiger partial charge in [-0.2, -0.15) is 0 Å². The van der Waals surface area contributed by atoms with Crippen molar-refractivity contribution in [1.82, 2.24) is 15.0 Å². The highest BCUT2D eigenvalue weighted by molar-refractivity contribution is 7.90.